The predicted molar refractivity (Wildman–Crippen MR) is 69.9 cm³/mol. The first-order valence-electron chi connectivity index (χ1n) is 7.81. The number of methoxy groups -OCH3 is 3. The van der Waals surface area contributed by atoms with Crippen LogP contribution in [0.5, 0.6) is 0 Å². The molecule has 6 fully saturated rings. The zero-order valence-electron chi connectivity index (χ0n) is 12.6. The fraction of sp³-hybridized carbons (Fsp3) is 0.812. The maximum Gasteiger partial charge on any atom is 0.312 e. The van der Waals surface area contributed by atoms with E-state index in [4.69, 9.17) is 14.2 Å². The van der Waals surface area contributed by atoms with Gasteiger partial charge >= 0.3 is 17.9 Å². The van der Waals surface area contributed by atoms with Crippen molar-refractivity contribution >= 4 is 17.9 Å². The summed E-state index contributed by atoms with van der Waals surface area (Å²) < 4.78 is 14.9. The molecule has 0 aromatic heterocycles. The Labute approximate surface area is 127 Å². The molecule has 6 aliphatic rings. The number of ether oxygens (including phenoxy) is 3. The lowest BCUT2D eigenvalue weighted by molar-refractivity contribution is -0.516. The number of hydrogen-bond donors (Lipinski definition) is 0. The summed E-state index contributed by atoms with van der Waals surface area (Å²) in [4.78, 5) is 36.8. The second-order valence-electron chi connectivity index (χ2n) is 7.41. The first-order chi connectivity index (χ1) is 10.6. The topological polar surface area (TPSA) is 78.9 Å². The summed E-state index contributed by atoms with van der Waals surface area (Å²) >= 11 is 0. The minimum Gasteiger partial charge on any atom is -0.469 e. The van der Waals surface area contributed by atoms with Crippen molar-refractivity contribution in [3.05, 3.63) is 0 Å². The molecule has 0 radical (unpaired) electrons. The van der Waals surface area contributed by atoms with Crippen LogP contribution in [-0.4, -0.2) is 39.2 Å². The molecular weight excluding hydrogens is 288 g/mol. The Hall–Kier alpha value is -1.59. The summed E-state index contributed by atoms with van der Waals surface area (Å²) in [6.07, 6.45) is 0. The van der Waals surface area contributed by atoms with Crippen LogP contribution in [0.3, 0.4) is 0 Å². The molecule has 22 heavy (non-hydrogen) atoms. The highest BCUT2D eigenvalue weighted by molar-refractivity contribution is 5.90. The van der Waals surface area contributed by atoms with E-state index in [9.17, 15) is 14.4 Å². The average molecular weight is 306 g/mol. The Morgan fingerprint density at radius 1 is 0.682 bits per heavy atom. The Morgan fingerprint density at radius 2 is 1.14 bits per heavy atom. The van der Waals surface area contributed by atoms with Crippen molar-refractivity contribution in [1.29, 1.82) is 0 Å². The van der Waals surface area contributed by atoms with Crippen molar-refractivity contribution in [1.82, 2.24) is 0 Å². The van der Waals surface area contributed by atoms with Gasteiger partial charge in [-0.1, -0.05) is 0 Å². The van der Waals surface area contributed by atoms with Crippen LogP contribution in [-0.2, 0) is 28.6 Å². The van der Waals surface area contributed by atoms with E-state index in [0.717, 1.165) is 0 Å². The molecule has 0 aromatic carbocycles. The van der Waals surface area contributed by atoms with Gasteiger partial charge in [0.25, 0.3) is 0 Å². The van der Waals surface area contributed by atoms with Crippen LogP contribution >= 0.6 is 0 Å². The van der Waals surface area contributed by atoms with Crippen LogP contribution in [0.25, 0.3) is 0 Å². The van der Waals surface area contributed by atoms with Gasteiger partial charge in [0.1, 0.15) is 0 Å². The minimum absolute atomic E-state index is 0.0839. The van der Waals surface area contributed by atoms with Gasteiger partial charge < -0.3 is 14.2 Å². The number of rotatable bonds is 3. The van der Waals surface area contributed by atoms with Gasteiger partial charge in [-0.25, -0.2) is 0 Å². The van der Waals surface area contributed by atoms with Gasteiger partial charge in [-0.15, -0.1) is 0 Å². The van der Waals surface area contributed by atoms with Crippen molar-refractivity contribution < 1.29 is 28.6 Å². The molecule has 6 heteroatoms. The number of hydrogen-bond acceptors (Lipinski definition) is 6. The van der Waals surface area contributed by atoms with Gasteiger partial charge in [0.15, 0.2) is 0 Å². The normalized spacial score (nSPS) is 57.1. The third-order valence-electron chi connectivity index (χ3n) is 7.73. The smallest absolute Gasteiger partial charge is 0.312 e. The molecule has 0 unspecified atom stereocenters. The van der Waals surface area contributed by atoms with Crippen LogP contribution < -0.4 is 0 Å². The van der Waals surface area contributed by atoms with Gasteiger partial charge in [0, 0.05) is 0 Å². The van der Waals surface area contributed by atoms with E-state index >= 15 is 0 Å². The van der Waals surface area contributed by atoms with Crippen molar-refractivity contribution in [3.8, 4) is 0 Å². The van der Waals surface area contributed by atoms with Crippen LogP contribution in [0.15, 0.2) is 0 Å². The van der Waals surface area contributed by atoms with Crippen molar-refractivity contribution in [2.75, 3.05) is 21.3 Å². The van der Waals surface area contributed by atoms with E-state index in [-0.39, 0.29) is 47.0 Å². The predicted octanol–water partition coefficient (Wildman–Crippen LogP) is 0.106. The Kier molecular flexibility index (Phi) is 2.05. The molecule has 6 aliphatic carbocycles. The molecule has 6 saturated carbocycles. The first kappa shape index (κ1) is 12.9. The molecule has 0 aromatic rings. The quantitative estimate of drug-likeness (QED) is 0.544. The summed E-state index contributed by atoms with van der Waals surface area (Å²) in [7, 11) is 4.16. The highest BCUT2D eigenvalue weighted by Crippen LogP contribution is 2.98. The molecule has 0 saturated heterocycles. The van der Waals surface area contributed by atoms with E-state index in [1.807, 2.05) is 0 Å². The molecule has 0 spiro atoms. The Morgan fingerprint density at radius 3 is 1.59 bits per heavy atom. The molecule has 118 valence electrons. The summed E-state index contributed by atoms with van der Waals surface area (Å²) in [5, 5.41) is 0. The molecule has 0 heterocycles. The third-order valence-corrected chi connectivity index (χ3v) is 7.73. The summed E-state index contributed by atoms with van der Waals surface area (Å²) in [5.74, 6) is 0.240. The van der Waals surface area contributed by atoms with Crippen molar-refractivity contribution in [3.63, 3.8) is 0 Å². The Bertz CT molecular complexity index is 602. The number of carbonyl (C=O) groups is 3. The number of carbonyl (C=O) groups excluding carboxylic acids is 3. The highest BCUT2D eigenvalue weighted by atomic mass is 16.5. The fourth-order valence-electron chi connectivity index (χ4n) is 7.60. The van der Waals surface area contributed by atoms with Gasteiger partial charge in [0.05, 0.1) is 38.6 Å². The monoisotopic (exact) mass is 306 g/mol. The molecule has 0 amide bonds. The lowest BCUT2D eigenvalue weighted by Crippen LogP contribution is -3.00. The van der Waals surface area contributed by atoms with Gasteiger partial charge in [-0.2, -0.15) is 0 Å². The minimum atomic E-state index is -0.455. The molecule has 6 atom stereocenters. The zero-order valence-corrected chi connectivity index (χ0v) is 12.6. The highest BCUT2D eigenvalue weighted by Gasteiger charge is 3.01. The maximum absolute atomic E-state index is 12.3. The molecule has 0 N–H and O–H groups in total. The summed E-state index contributed by atoms with van der Waals surface area (Å²) in [6, 6.07) is 0. The van der Waals surface area contributed by atoms with Gasteiger partial charge in [-0.05, 0) is 41.4 Å². The average Bonchev–Trinajstić information content (AvgIpc) is 2.52. The van der Waals surface area contributed by atoms with Gasteiger partial charge in [0.2, 0.25) is 0 Å². The van der Waals surface area contributed by atoms with E-state index in [1.165, 1.54) is 21.3 Å². The summed E-state index contributed by atoms with van der Waals surface area (Å²) in [6.45, 7) is 0. The largest absolute Gasteiger partial charge is 0.469 e. The van der Waals surface area contributed by atoms with E-state index in [2.05, 4.69) is 0 Å². The zero-order chi connectivity index (χ0) is 15.5. The molecule has 6 rings (SSSR count). The molecule has 6 nitrogen and oxygen atoms in total. The lowest BCUT2D eigenvalue weighted by Gasteiger charge is -2.97. The second kappa shape index (κ2) is 3.49. The van der Waals surface area contributed by atoms with Crippen LogP contribution in [0.1, 0.15) is 0 Å². The molecule has 2 bridgehead atoms. The van der Waals surface area contributed by atoms with E-state index in [1.54, 1.807) is 0 Å². The molecular formula is C16H18O6. The SMILES string of the molecule is COC(=O)[C@@H]1C2[C@@H]3C4[C@@H]2[C@H]2C([C@H]3C42C(=O)OC)[C@@H]1C(=O)OC. The molecule has 0 aliphatic heterocycles. The van der Waals surface area contributed by atoms with Crippen LogP contribution in [0.2, 0.25) is 0 Å². The number of esters is 3. The van der Waals surface area contributed by atoms with Crippen molar-refractivity contribution in [2.24, 2.45) is 58.7 Å². The standard InChI is InChI=1S/C16H18O6/c1-20-13(17)5-4-7-10-8(4)12-9(6(5)14(18)21-2)11(7)16(10,12)15(19)22-3/h4-12H,1-3H3/t4?,5-,6-,7-,8-,9?,10?,11+,12+,16?/m1/s1. The van der Waals surface area contributed by atoms with Crippen molar-refractivity contribution in [2.45, 2.75) is 0 Å². The fourth-order valence-corrected chi connectivity index (χ4v) is 7.60. The number of fused-ring (bicyclic) bond motifs is 1. The first-order valence-corrected chi connectivity index (χ1v) is 7.81. The van der Waals surface area contributed by atoms with E-state index in [0.29, 0.717) is 17.8 Å². The third kappa shape index (κ3) is 0.863. The Balaban J connectivity index is 1.55. The second-order valence-corrected chi connectivity index (χ2v) is 7.41. The maximum atomic E-state index is 12.3. The lowest BCUT2D eigenvalue weighted by atomic mass is 9.04. The van der Waals surface area contributed by atoms with Crippen LogP contribution in [0.4, 0.5) is 0 Å². The van der Waals surface area contributed by atoms with E-state index < -0.39 is 11.8 Å². The van der Waals surface area contributed by atoms with Crippen LogP contribution in [0, 0.1) is 58.7 Å². The van der Waals surface area contributed by atoms with Gasteiger partial charge in [-0.3, -0.25) is 14.4 Å². The summed E-state index contributed by atoms with van der Waals surface area (Å²) in [5.41, 5.74) is -0.335.